The van der Waals surface area contributed by atoms with E-state index < -0.39 is 24.4 Å². The summed E-state index contributed by atoms with van der Waals surface area (Å²) in [5, 5.41) is 5.44. The minimum Gasteiger partial charge on any atom is -0.454 e. The minimum atomic E-state index is -0.738. The van der Waals surface area contributed by atoms with Crippen molar-refractivity contribution >= 4 is 35.1 Å². The second-order valence-corrected chi connectivity index (χ2v) is 6.46. The van der Waals surface area contributed by atoms with Gasteiger partial charge < -0.3 is 15.4 Å². The third-order valence-electron chi connectivity index (χ3n) is 3.65. The first-order valence-electron chi connectivity index (χ1n) is 8.19. The van der Waals surface area contributed by atoms with Gasteiger partial charge in [-0.1, -0.05) is 29.3 Å². The van der Waals surface area contributed by atoms with Crippen molar-refractivity contribution in [3.05, 3.63) is 57.9 Å². The van der Waals surface area contributed by atoms with E-state index in [9.17, 15) is 14.4 Å². The number of aryl methyl sites for hydroxylation is 3. The molecule has 1 aromatic heterocycles. The molecule has 7 nitrogen and oxygen atoms in total. The molecule has 2 aromatic rings. The molecule has 8 heteroatoms. The van der Waals surface area contributed by atoms with Crippen molar-refractivity contribution in [2.75, 3.05) is 18.5 Å². The van der Waals surface area contributed by atoms with Crippen LogP contribution in [0, 0.1) is 20.8 Å². The number of rotatable bonds is 6. The molecule has 2 amide bonds. The molecule has 0 bridgehead atoms. The summed E-state index contributed by atoms with van der Waals surface area (Å²) in [5.74, 6) is -1.76. The normalized spacial score (nSPS) is 10.2. The lowest BCUT2D eigenvalue weighted by Crippen LogP contribution is -2.32. The lowest BCUT2D eigenvalue weighted by atomic mass is 10.1. The Kier molecular flexibility index (Phi) is 6.90. The number of pyridine rings is 1. The quantitative estimate of drug-likeness (QED) is 0.740. The Balaban J connectivity index is 1.80. The average molecular weight is 390 g/mol. The van der Waals surface area contributed by atoms with Crippen molar-refractivity contribution in [2.24, 2.45) is 0 Å². The van der Waals surface area contributed by atoms with Crippen LogP contribution in [0.4, 0.5) is 5.69 Å². The van der Waals surface area contributed by atoms with Gasteiger partial charge in [0.2, 0.25) is 0 Å². The van der Waals surface area contributed by atoms with Crippen molar-refractivity contribution in [3.63, 3.8) is 0 Å². The van der Waals surface area contributed by atoms with Crippen LogP contribution in [0.1, 0.15) is 27.2 Å². The molecule has 27 heavy (non-hydrogen) atoms. The number of halogens is 1. The van der Waals surface area contributed by atoms with Crippen LogP contribution in [0.3, 0.4) is 0 Å². The van der Waals surface area contributed by atoms with E-state index >= 15 is 0 Å². The van der Waals surface area contributed by atoms with Crippen molar-refractivity contribution in [3.8, 4) is 0 Å². The van der Waals surface area contributed by atoms with E-state index in [0.717, 1.165) is 16.7 Å². The topological polar surface area (TPSA) is 97.4 Å². The fourth-order valence-electron chi connectivity index (χ4n) is 2.52. The van der Waals surface area contributed by atoms with Crippen molar-refractivity contribution < 1.29 is 19.1 Å². The van der Waals surface area contributed by atoms with Gasteiger partial charge in [0.1, 0.15) is 12.2 Å². The molecule has 1 aromatic carbocycles. The van der Waals surface area contributed by atoms with E-state index in [1.807, 2.05) is 32.9 Å². The van der Waals surface area contributed by atoms with Crippen LogP contribution in [-0.2, 0) is 14.3 Å². The standard InChI is InChI=1S/C19H20ClN3O4/c1-11-6-12(2)18(13(3)7-11)23-16(24)10-27-17(25)9-22-19(26)15-8-14(20)4-5-21-15/h4-8H,9-10H2,1-3H3,(H,22,26)(H,23,24). The number of hydrogen-bond donors (Lipinski definition) is 2. The number of carbonyl (C=O) groups excluding carboxylic acids is 3. The van der Waals surface area contributed by atoms with Crippen molar-refractivity contribution in [2.45, 2.75) is 20.8 Å². The highest BCUT2D eigenvalue weighted by molar-refractivity contribution is 6.30. The molecule has 1 heterocycles. The van der Waals surface area contributed by atoms with E-state index in [0.29, 0.717) is 10.7 Å². The van der Waals surface area contributed by atoms with E-state index in [1.54, 1.807) is 0 Å². The predicted molar refractivity (Wildman–Crippen MR) is 102 cm³/mol. The number of benzene rings is 1. The van der Waals surface area contributed by atoms with Gasteiger partial charge in [-0.2, -0.15) is 0 Å². The highest BCUT2D eigenvalue weighted by Gasteiger charge is 2.13. The zero-order valence-electron chi connectivity index (χ0n) is 15.3. The molecule has 2 N–H and O–H groups in total. The third kappa shape index (κ3) is 6.07. The second kappa shape index (κ2) is 9.14. The summed E-state index contributed by atoms with van der Waals surface area (Å²) >= 11 is 5.78. The van der Waals surface area contributed by atoms with Gasteiger partial charge in [0.25, 0.3) is 11.8 Å². The molecule has 0 spiro atoms. The maximum atomic E-state index is 12.0. The maximum absolute atomic E-state index is 12.0. The van der Waals surface area contributed by atoms with Crippen LogP contribution < -0.4 is 10.6 Å². The largest absolute Gasteiger partial charge is 0.454 e. The molecule has 0 fully saturated rings. The summed E-state index contributed by atoms with van der Waals surface area (Å²) in [5.41, 5.74) is 3.72. The lowest BCUT2D eigenvalue weighted by molar-refractivity contribution is -0.146. The third-order valence-corrected chi connectivity index (χ3v) is 3.89. The predicted octanol–water partition coefficient (Wildman–Crippen LogP) is 2.57. The molecule has 2 rings (SSSR count). The van der Waals surface area contributed by atoms with E-state index in [2.05, 4.69) is 15.6 Å². The number of aromatic nitrogens is 1. The SMILES string of the molecule is Cc1cc(C)c(NC(=O)COC(=O)CNC(=O)c2cc(Cl)ccn2)c(C)c1. The maximum Gasteiger partial charge on any atom is 0.325 e. The molecule has 0 saturated carbocycles. The minimum absolute atomic E-state index is 0.0818. The Labute approximate surface area is 162 Å². The van der Waals surface area contributed by atoms with Crippen LogP contribution in [0.15, 0.2) is 30.5 Å². The molecule has 0 radical (unpaired) electrons. The van der Waals surface area contributed by atoms with Crippen molar-refractivity contribution in [1.82, 2.24) is 10.3 Å². The summed E-state index contributed by atoms with van der Waals surface area (Å²) in [6, 6.07) is 6.81. The highest BCUT2D eigenvalue weighted by Crippen LogP contribution is 2.21. The Morgan fingerprint density at radius 2 is 1.78 bits per heavy atom. The average Bonchev–Trinajstić information content (AvgIpc) is 2.60. The molecule has 0 aliphatic carbocycles. The van der Waals surface area contributed by atoms with Gasteiger partial charge in [-0.05, 0) is 44.0 Å². The number of ether oxygens (including phenoxy) is 1. The van der Waals surface area contributed by atoms with E-state index in [4.69, 9.17) is 16.3 Å². The molecule has 0 saturated heterocycles. The van der Waals surface area contributed by atoms with Crippen LogP contribution in [-0.4, -0.2) is 35.9 Å². The number of carbonyl (C=O) groups is 3. The Bertz CT molecular complexity index is 860. The second-order valence-electron chi connectivity index (χ2n) is 6.02. The number of esters is 1. The summed E-state index contributed by atoms with van der Waals surface area (Å²) in [7, 11) is 0. The van der Waals surface area contributed by atoms with Crippen LogP contribution in [0.25, 0.3) is 0 Å². The van der Waals surface area contributed by atoms with E-state index in [-0.39, 0.29) is 12.2 Å². The Hall–Kier alpha value is -2.93. The summed E-state index contributed by atoms with van der Waals surface area (Å²) in [6.07, 6.45) is 1.38. The number of amides is 2. The monoisotopic (exact) mass is 389 g/mol. The molecule has 0 aliphatic heterocycles. The van der Waals surface area contributed by atoms with Crippen LogP contribution in [0.5, 0.6) is 0 Å². The number of nitrogens with one attached hydrogen (secondary N) is 2. The lowest BCUT2D eigenvalue weighted by Gasteiger charge is -2.13. The van der Waals surface area contributed by atoms with Crippen LogP contribution in [0.2, 0.25) is 5.02 Å². The highest BCUT2D eigenvalue weighted by atomic mass is 35.5. The fraction of sp³-hybridized carbons (Fsp3) is 0.263. The first-order valence-corrected chi connectivity index (χ1v) is 8.57. The van der Waals surface area contributed by atoms with Gasteiger partial charge in [0.15, 0.2) is 6.61 Å². The first kappa shape index (κ1) is 20.4. The smallest absolute Gasteiger partial charge is 0.325 e. The van der Waals surface area contributed by atoms with Gasteiger partial charge in [0.05, 0.1) is 0 Å². The Morgan fingerprint density at radius 3 is 2.41 bits per heavy atom. The van der Waals surface area contributed by atoms with Crippen LogP contribution >= 0.6 is 11.6 Å². The molecule has 0 unspecified atom stereocenters. The molecule has 142 valence electrons. The van der Waals surface area contributed by atoms with Gasteiger partial charge in [-0.3, -0.25) is 19.4 Å². The van der Waals surface area contributed by atoms with Gasteiger partial charge >= 0.3 is 5.97 Å². The van der Waals surface area contributed by atoms with Gasteiger partial charge in [-0.15, -0.1) is 0 Å². The number of nitrogens with zero attached hydrogens (tertiary/aromatic N) is 1. The Morgan fingerprint density at radius 1 is 1.11 bits per heavy atom. The number of anilines is 1. The van der Waals surface area contributed by atoms with Gasteiger partial charge in [-0.25, -0.2) is 0 Å². The molecular weight excluding hydrogens is 370 g/mol. The zero-order chi connectivity index (χ0) is 20.0. The van der Waals surface area contributed by atoms with Gasteiger partial charge in [0, 0.05) is 16.9 Å². The summed E-state index contributed by atoms with van der Waals surface area (Å²) < 4.78 is 4.88. The number of hydrogen-bond acceptors (Lipinski definition) is 5. The molecule has 0 atom stereocenters. The zero-order valence-corrected chi connectivity index (χ0v) is 16.0. The summed E-state index contributed by atoms with van der Waals surface area (Å²) in [4.78, 5) is 39.4. The summed E-state index contributed by atoms with van der Waals surface area (Å²) in [6.45, 7) is 4.92. The molecular formula is C19H20ClN3O4. The van der Waals surface area contributed by atoms with Crippen molar-refractivity contribution in [1.29, 1.82) is 0 Å². The molecule has 0 aliphatic rings. The first-order chi connectivity index (χ1) is 12.8. The fourth-order valence-corrected chi connectivity index (χ4v) is 2.68. The van der Waals surface area contributed by atoms with E-state index in [1.165, 1.54) is 18.3 Å².